The molecule has 0 aromatic heterocycles. The summed E-state index contributed by atoms with van der Waals surface area (Å²) in [7, 11) is 0. The van der Waals surface area contributed by atoms with Gasteiger partial charge in [-0.2, -0.15) is 0 Å². The Labute approximate surface area is 68.4 Å². The maximum absolute atomic E-state index is 8.96. The molecule has 0 aromatic rings. The Hall–Kier alpha value is -0.120. The van der Waals surface area contributed by atoms with Gasteiger partial charge in [0.05, 0.1) is 12.7 Å². The molecule has 0 aromatic carbocycles. The largest absolute Gasteiger partial charge is 0.394 e. The average Bonchev–Trinajstić information content (AvgIpc) is 2.00. The quantitative estimate of drug-likeness (QED) is 0.537. The minimum absolute atomic E-state index is 0.107. The predicted molar refractivity (Wildman–Crippen MR) is 45.5 cm³/mol. The molecule has 0 rings (SSSR count). The zero-order valence-electron chi connectivity index (χ0n) is 7.59. The van der Waals surface area contributed by atoms with E-state index in [-0.39, 0.29) is 18.2 Å². The van der Waals surface area contributed by atoms with Crippen LogP contribution in [-0.4, -0.2) is 35.0 Å². The van der Waals surface area contributed by atoms with E-state index >= 15 is 0 Å². The van der Waals surface area contributed by atoms with Crippen LogP contribution < -0.4 is 5.32 Å². The molecule has 0 bridgehead atoms. The number of aliphatic hydroxyl groups is 2. The van der Waals surface area contributed by atoms with Gasteiger partial charge in [-0.05, 0) is 20.3 Å². The van der Waals surface area contributed by atoms with Crippen LogP contribution in [0.4, 0.5) is 0 Å². The second-order valence-corrected chi connectivity index (χ2v) is 3.30. The van der Waals surface area contributed by atoms with Crippen LogP contribution in [0.1, 0.15) is 27.2 Å². The molecule has 3 nitrogen and oxygen atoms in total. The van der Waals surface area contributed by atoms with Crippen molar-refractivity contribution < 1.29 is 10.2 Å². The maximum atomic E-state index is 8.96. The molecule has 0 saturated heterocycles. The molecule has 0 spiro atoms. The molecule has 0 fully saturated rings. The Kier molecular flexibility index (Phi) is 4.65. The summed E-state index contributed by atoms with van der Waals surface area (Å²) >= 11 is 0. The summed E-state index contributed by atoms with van der Waals surface area (Å²) in [5.74, 6) is 0. The van der Waals surface area contributed by atoms with Crippen molar-refractivity contribution in [1.29, 1.82) is 0 Å². The minimum atomic E-state index is -0.354. The highest BCUT2D eigenvalue weighted by molar-refractivity contribution is 4.80. The third-order valence-corrected chi connectivity index (χ3v) is 1.95. The number of rotatable bonds is 5. The summed E-state index contributed by atoms with van der Waals surface area (Å²) in [5, 5.41) is 21.0. The summed E-state index contributed by atoms with van der Waals surface area (Å²) in [6, 6.07) is 0. The fourth-order valence-electron chi connectivity index (χ4n) is 0.687. The van der Waals surface area contributed by atoms with Crippen LogP contribution in [0.3, 0.4) is 0 Å². The van der Waals surface area contributed by atoms with E-state index in [9.17, 15) is 0 Å². The van der Waals surface area contributed by atoms with Crippen LogP contribution >= 0.6 is 0 Å². The van der Waals surface area contributed by atoms with Crippen molar-refractivity contribution in [3.63, 3.8) is 0 Å². The van der Waals surface area contributed by atoms with Gasteiger partial charge in [-0.1, -0.05) is 6.92 Å². The zero-order chi connectivity index (χ0) is 8.91. The molecular weight excluding hydrogens is 142 g/mol. The van der Waals surface area contributed by atoms with Gasteiger partial charge in [0.15, 0.2) is 0 Å². The lowest BCUT2D eigenvalue weighted by Crippen LogP contribution is -2.47. The van der Waals surface area contributed by atoms with E-state index in [0.717, 1.165) is 6.42 Å². The normalized spacial score (nSPS) is 19.4. The Balaban J connectivity index is 3.69. The SMILES string of the molecule is CCC(C)(CO)NC[C@H](C)O. The smallest absolute Gasteiger partial charge is 0.0636 e. The number of β-amino-alcohol motifs (C(OH)–C–C–N with tert-alkyl or cyclic N) is 1. The summed E-state index contributed by atoms with van der Waals surface area (Å²) in [4.78, 5) is 0. The Morgan fingerprint density at radius 2 is 2.09 bits per heavy atom. The van der Waals surface area contributed by atoms with Crippen molar-refractivity contribution in [3.8, 4) is 0 Å². The minimum Gasteiger partial charge on any atom is -0.394 e. The third-order valence-electron chi connectivity index (χ3n) is 1.95. The van der Waals surface area contributed by atoms with Gasteiger partial charge >= 0.3 is 0 Å². The molecule has 1 unspecified atom stereocenters. The number of nitrogens with one attached hydrogen (secondary N) is 1. The second kappa shape index (κ2) is 4.70. The molecule has 11 heavy (non-hydrogen) atoms. The highest BCUT2D eigenvalue weighted by atomic mass is 16.3. The molecule has 0 aliphatic carbocycles. The van der Waals surface area contributed by atoms with Crippen molar-refractivity contribution >= 4 is 0 Å². The van der Waals surface area contributed by atoms with Gasteiger partial charge in [0.2, 0.25) is 0 Å². The first kappa shape index (κ1) is 10.9. The number of hydrogen-bond donors (Lipinski definition) is 3. The standard InChI is InChI=1S/C8H19NO2/c1-4-8(3,6-10)9-5-7(2)11/h7,9-11H,4-6H2,1-3H3/t7-,8?/m0/s1. The average molecular weight is 161 g/mol. The van der Waals surface area contributed by atoms with Crippen LogP contribution in [-0.2, 0) is 0 Å². The fourth-order valence-corrected chi connectivity index (χ4v) is 0.687. The molecule has 2 atom stereocenters. The van der Waals surface area contributed by atoms with E-state index in [4.69, 9.17) is 10.2 Å². The highest BCUT2D eigenvalue weighted by Crippen LogP contribution is 2.06. The van der Waals surface area contributed by atoms with Gasteiger partial charge in [0.1, 0.15) is 0 Å². The summed E-state index contributed by atoms with van der Waals surface area (Å²) in [5.41, 5.74) is -0.239. The van der Waals surface area contributed by atoms with Crippen LogP contribution in [0.15, 0.2) is 0 Å². The van der Waals surface area contributed by atoms with Crippen LogP contribution in [0.25, 0.3) is 0 Å². The van der Waals surface area contributed by atoms with Crippen LogP contribution in [0.2, 0.25) is 0 Å². The van der Waals surface area contributed by atoms with E-state index < -0.39 is 0 Å². The molecule has 0 radical (unpaired) electrons. The first-order valence-corrected chi connectivity index (χ1v) is 4.08. The van der Waals surface area contributed by atoms with Crippen LogP contribution in [0.5, 0.6) is 0 Å². The highest BCUT2D eigenvalue weighted by Gasteiger charge is 2.19. The number of aliphatic hydroxyl groups excluding tert-OH is 2. The lowest BCUT2D eigenvalue weighted by atomic mass is 10.0. The fraction of sp³-hybridized carbons (Fsp3) is 1.00. The monoisotopic (exact) mass is 161 g/mol. The number of hydrogen-bond acceptors (Lipinski definition) is 3. The molecule has 0 aliphatic rings. The Morgan fingerprint density at radius 1 is 1.55 bits per heavy atom. The van der Waals surface area contributed by atoms with Gasteiger partial charge in [0, 0.05) is 12.1 Å². The molecule has 0 heterocycles. The van der Waals surface area contributed by atoms with Gasteiger partial charge in [-0.3, -0.25) is 0 Å². The molecule has 0 saturated carbocycles. The predicted octanol–water partition coefficient (Wildman–Crippen LogP) is 0.118. The Bertz CT molecular complexity index is 100. The topological polar surface area (TPSA) is 52.5 Å². The zero-order valence-corrected chi connectivity index (χ0v) is 7.59. The molecule has 68 valence electrons. The molecular formula is C8H19NO2. The molecule has 3 N–H and O–H groups in total. The first-order chi connectivity index (χ1) is 5.04. The van der Waals surface area contributed by atoms with E-state index in [1.165, 1.54) is 0 Å². The van der Waals surface area contributed by atoms with Crippen molar-refractivity contribution in [2.24, 2.45) is 0 Å². The van der Waals surface area contributed by atoms with E-state index in [1.54, 1.807) is 6.92 Å². The Morgan fingerprint density at radius 3 is 2.36 bits per heavy atom. The lowest BCUT2D eigenvalue weighted by molar-refractivity contribution is 0.134. The summed E-state index contributed by atoms with van der Waals surface area (Å²) in [6.07, 6.45) is 0.503. The van der Waals surface area contributed by atoms with Crippen molar-refractivity contribution in [1.82, 2.24) is 5.32 Å². The van der Waals surface area contributed by atoms with E-state index in [0.29, 0.717) is 6.54 Å². The van der Waals surface area contributed by atoms with Crippen molar-refractivity contribution in [2.45, 2.75) is 38.8 Å². The van der Waals surface area contributed by atoms with Gasteiger partial charge in [-0.15, -0.1) is 0 Å². The summed E-state index contributed by atoms with van der Waals surface area (Å²) in [6.45, 7) is 6.31. The molecule has 0 amide bonds. The van der Waals surface area contributed by atoms with Gasteiger partial charge < -0.3 is 15.5 Å². The lowest BCUT2D eigenvalue weighted by Gasteiger charge is -2.27. The van der Waals surface area contributed by atoms with Gasteiger partial charge in [0.25, 0.3) is 0 Å². The van der Waals surface area contributed by atoms with Crippen LogP contribution in [0, 0.1) is 0 Å². The summed E-state index contributed by atoms with van der Waals surface area (Å²) < 4.78 is 0. The third kappa shape index (κ3) is 4.35. The molecule has 0 aliphatic heterocycles. The van der Waals surface area contributed by atoms with Crippen molar-refractivity contribution in [3.05, 3.63) is 0 Å². The van der Waals surface area contributed by atoms with E-state index in [2.05, 4.69) is 5.32 Å². The van der Waals surface area contributed by atoms with Gasteiger partial charge in [-0.25, -0.2) is 0 Å². The first-order valence-electron chi connectivity index (χ1n) is 4.08. The molecule has 3 heteroatoms. The van der Waals surface area contributed by atoms with E-state index in [1.807, 2.05) is 13.8 Å². The van der Waals surface area contributed by atoms with Crippen molar-refractivity contribution in [2.75, 3.05) is 13.2 Å². The maximum Gasteiger partial charge on any atom is 0.0636 e. The second-order valence-electron chi connectivity index (χ2n) is 3.30.